The van der Waals surface area contributed by atoms with Crippen molar-refractivity contribution < 1.29 is 0 Å². The predicted molar refractivity (Wildman–Crippen MR) is 80.6 cm³/mol. The second kappa shape index (κ2) is 6.19. The summed E-state index contributed by atoms with van der Waals surface area (Å²) in [6.45, 7) is 1.76. The molecule has 0 amide bonds. The topological polar surface area (TPSA) is 49.3 Å². The van der Waals surface area contributed by atoms with Crippen LogP contribution in [0.15, 0.2) is 59.9 Å². The molecule has 0 saturated heterocycles. The van der Waals surface area contributed by atoms with Gasteiger partial charge in [-0.05, 0) is 29.7 Å². The smallest absolute Gasteiger partial charge is 0.191 e. The number of hydrogen-bond donors (Lipinski definition) is 2. The van der Waals surface area contributed by atoms with Crippen molar-refractivity contribution in [1.82, 2.24) is 15.6 Å². The molecule has 0 saturated carbocycles. The molecule has 1 aliphatic rings. The average molecular weight is 266 g/mol. The Morgan fingerprint density at radius 1 is 1.10 bits per heavy atom. The molecule has 1 atom stereocenters. The molecule has 102 valence electrons. The molecule has 0 fully saturated rings. The van der Waals surface area contributed by atoms with Crippen molar-refractivity contribution in [2.75, 3.05) is 13.1 Å². The number of aliphatic imine (C=N–C) groups is 1. The van der Waals surface area contributed by atoms with E-state index >= 15 is 0 Å². The molecular formula is C16H18N4. The van der Waals surface area contributed by atoms with Crippen LogP contribution in [0.1, 0.15) is 17.2 Å². The Morgan fingerprint density at radius 2 is 1.90 bits per heavy atom. The van der Waals surface area contributed by atoms with Crippen LogP contribution >= 0.6 is 0 Å². The monoisotopic (exact) mass is 266 g/mol. The quantitative estimate of drug-likeness (QED) is 0.889. The van der Waals surface area contributed by atoms with Gasteiger partial charge in [-0.1, -0.05) is 30.3 Å². The van der Waals surface area contributed by atoms with E-state index in [-0.39, 0.29) is 6.04 Å². The molecule has 4 heteroatoms. The van der Waals surface area contributed by atoms with E-state index in [1.165, 1.54) is 11.1 Å². The first-order valence-corrected chi connectivity index (χ1v) is 6.90. The zero-order chi connectivity index (χ0) is 13.6. The van der Waals surface area contributed by atoms with E-state index in [2.05, 4.69) is 57.0 Å². The number of aromatic nitrogens is 1. The lowest BCUT2D eigenvalue weighted by Crippen LogP contribution is -2.37. The maximum atomic E-state index is 4.42. The molecule has 3 rings (SSSR count). The Hall–Kier alpha value is -2.36. The summed E-state index contributed by atoms with van der Waals surface area (Å²) in [7, 11) is 0. The summed E-state index contributed by atoms with van der Waals surface area (Å²) in [4.78, 5) is 8.51. The number of benzene rings is 1. The van der Waals surface area contributed by atoms with Crippen LogP contribution in [0.25, 0.3) is 0 Å². The number of nitrogens with zero attached hydrogens (tertiary/aromatic N) is 2. The number of pyridine rings is 1. The van der Waals surface area contributed by atoms with Crippen LogP contribution < -0.4 is 10.6 Å². The van der Waals surface area contributed by atoms with Crippen LogP contribution in [-0.4, -0.2) is 24.0 Å². The molecule has 0 bridgehead atoms. The van der Waals surface area contributed by atoms with Gasteiger partial charge in [0.2, 0.25) is 0 Å². The van der Waals surface area contributed by atoms with Crippen molar-refractivity contribution in [3.63, 3.8) is 0 Å². The van der Waals surface area contributed by atoms with Gasteiger partial charge in [0.15, 0.2) is 5.96 Å². The highest BCUT2D eigenvalue weighted by atomic mass is 15.2. The molecule has 2 aromatic rings. The summed E-state index contributed by atoms with van der Waals surface area (Å²) in [5, 5.41) is 6.76. The van der Waals surface area contributed by atoms with Crippen molar-refractivity contribution in [2.45, 2.75) is 12.5 Å². The van der Waals surface area contributed by atoms with Crippen molar-refractivity contribution >= 4 is 5.96 Å². The fourth-order valence-corrected chi connectivity index (χ4v) is 2.36. The molecule has 1 aromatic heterocycles. The molecule has 1 aliphatic heterocycles. The first kappa shape index (κ1) is 12.7. The van der Waals surface area contributed by atoms with Gasteiger partial charge in [-0.3, -0.25) is 9.98 Å². The van der Waals surface area contributed by atoms with Gasteiger partial charge in [-0.15, -0.1) is 0 Å². The summed E-state index contributed by atoms with van der Waals surface area (Å²) in [6, 6.07) is 14.8. The third kappa shape index (κ3) is 3.15. The Morgan fingerprint density at radius 3 is 2.60 bits per heavy atom. The number of rotatable bonds is 4. The highest BCUT2D eigenvalue weighted by Gasteiger charge is 2.15. The zero-order valence-corrected chi connectivity index (χ0v) is 11.3. The molecule has 0 aliphatic carbocycles. The third-order valence-electron chi connectivity index (χ3n) is 3.38. The van der Waals surface area contributed by atoms with Crippen molar-refractivity contribution in [3.8, 4) is 0 Å². The highest BCUT2D eigenvalue weighted by molar-refractivity contribution is 5.81. The predicted octanol–water partition coefficient (Wildman–Crippen LogP) is 1.91. The standard InChI is InChI=1S/C16H18N4/c1-2-4-13(5-3-1)12-15(14-6-8-17-9-7-14)20-16-18-10-11-19-16/h1-9,15H,10-12H2,(H2,18,19,20). The first-order chi connectivity index (χ1) is 9.92. The fourth-order valence-electron chi connectivity index (χ4n) is 2.36. The fraction of sp³-hybridized carbons (Fsp3) is 0.250. The van der Waals surface area contributed by atoms with E-state index in [1.54, 1.807) is 0 Å². The van der Waals surface area contributed by atoms with Gasteiger partial charge >= 0.3 is 0 Å². The first-order valence-electron chi connectivity index (χ1n) is 6.90. The normalized spacial score (nSPS) is 15.3. The van der Waals surface area contributed by atoms with Crippen LogP contribution in [0.5, 0.6) is 0 Å². The minimum absolute atomic E-state index is 0.199. The number of guanidine groups is 1. The second-order valence-electron chi connectivity index (χ2n) is 4.82. The Balaban J connectivity index is 1.79. The van der Waals surface area contributed by atoms with Gasteiger partial charge in [-0.25, -0.2) is 0 Å². The third-order valence-corrected chi connectivity index (χ3v) is 3.38. The molecule has 1 unspecified atom stereocenters. The highest BCUT2D eigenvalue weighted by Crippen LogP contribution is 2.18. The molecule has 4 nitrogen and oxygen atoms in total. The Bertz CT molecular complexity index is 566. The van der Waals surface area contributed by atoms with Crippen molar-refractivity contribution in [1.29, 1.82) is 0 Å². The summed E-state index contributed by atoms with van der Waals surface area (Å²) in [5.74, 6) is 0.891. The molecule has 2 heterocycles. The van der Waals surface area contributed by atoms with Crippen LogP contribution in [0.3, 0.4) is 0 Å². The minimum atomic E-state index is 0.199. The largest absolute Gasteiger partial charge is 0.355 e. The van der Waals surface area contributed by atoms with E-state index in [9.17, 15) is 0 Å². The molecule has 0 radical (unpaired) electrons. The van der Waals surface area contributed by atoms with Gasteiger partial charge < -0.3 is 10.6 Å². The van der Waals surface area contributed by atoms with Gasteiger partial charge in [0.25, 0.3) is 0 Å². The van der Waals surface area contributed by atoms with Crippen molar-refractivity contribution in [3.05, 3.63) is 66.0 Å². The van der Waals surface area contributed by atoms with Gasteiger partial charge in [0.05, 0.1) is 12.6 Å². The maximum absolute atomic E-state index is 4.42. The van der Waals surface area contributed by atoms with Gasteiger partial charge in [-0.2, -0.15) is 0 Å². The molecule has 20 heavy (non-hydrogen) atoms. The number of nitrogens with one attached hydrogen (secondary N) is 2. The van der Waals surface area contributed by atoms with Crippen LogP contribution in [-0.2, 0) is 6.42 Å². The van der Waals surface area contributed by atoms with E-state index in [4.69, 9.17) is 0 Å². The molecule has 0 spiro atoms. The molecule has 1 aromatic carbocycles. The van der Waals surface area contributed by atoms with Gasteiger partial charge in [0.1, 0.15) is 0 Å². The maximum Gasteiger partial charge on any atom is 0.191 e. The summed E-state index contributed by atoms with van der Waals surface area (Å²) >= 11 is 0. The van der Waals surface area contributed by atoms with E-state index in [0.29, 0.717) is 0 Å². The lowest BCUT2D eigenvalue weighted by atomic mass is 10.00. The average Bonchev–Trinajstić information content (AvgIpc) is 3.02. The minimum Gasteiger partial charge on any atom is -0.355 e. The SMILES string of the molecule is c1ccc(CC(NC2=NCCN2)c2ccncc2)cc1. The lowest BCUT2D eigenvalue weighted by Gasteiger charge is -2.20. The lowest BCUT2D eigenvalue weighted by molar-refractivity contribution is 0.633. The second-order valence-corrected chi connectivity index (χ2v) is 4.82. The van der Waals surface area contributed by atoms with Gasteiger partial charge in [0, 0.05) is 18.9 Å². The summed E-state index contributed by atoms with van der Waals surface area (Å²) in [5.41, 5.74) is 2.53. The van der Waals surface area contributed by atoms with E-state index in [0.717, 1.165) is 25.5 Å². The Kier molecular flexibility index (Phi) is 3.92. The summed E-state index contributed by atoms with van der Waals surface area (Å²) in [6.07, 6.45) is 4.59. The van der Waals surface area contributed by atoms with Crippen LogP contribution in [0.2, 0.25) is 0 Å². The summed E-state index contributed by atoms with van der Waals surface area (Å²) < 4.78 is 0. The zero-order valence-electron chi connectivity index (χ0n) is 11.3. The van der Waals surface area contributed by atoms with E-state index in [1.807, 2.05) is 18.5 Å². The van der Waals surface area contributed by atoms with Crippen LogP contribution in [0.4, 0.5) is 0 Å². The van der Waals surface area contributed by atoms with E-state index < -0.39 is 0 Å². The molecule has 2 N–H and O–H groups in total. The van der Waals surface area contributed by atoms with Crippen molar-refractivity contribution in [2.24, 2.45) is 4.99 Å². The number of hydrogen-bond acceptors (Lipinski definition) is 4. The Labute approximate surface area is 119 Å². The molecular weight excluding hydrogens is 248 g/mol. The van der Waals surface area contributed by atoms with Crippen LogP contribution in [0, 0.1) is 0 Å².